The molecule has 224 valence electrons. The molecule has 3 N–H and O–H groups in total. The van der Waals surface area contributed by atoms with Gasteiger partial charge in [0.15, 0.2) is 0 Å². The third-order valence-electron chi connectivity index (χ3n) is 6.24. The van der Waals surface area contributed by atoms with Crippen LogP contribution in [-0.2, 0) is 33.9 Å². The van der Waals surface area contributed by atoms with Crippen LogP contribution in [0.15, 0.2) is 84.9 Å². The topological polar surface area (TPSA) is 106 Å². The minimum absolute atomic E-state index is 0.124. The number of benzene rings is 3. The van der Waals surface area contributed by atoms with Crippen LogP contribution in [0.2, 0.25) is 0 Å². The van der Waals surface area contributed by atoms with Crippen molar-refractivity contribution >= 4 is 17.9 Å². The number of carbonyl (C=O) groups excluding carboxylic acids is 3. The molecule has 2 unspecified atom stereocenters. The van der Waals surface area contributed by atoms with Crippen LogP contribution < -0.4 is 20.7 Å². The van der Waals surface area contributed by atoms with Crippen molar-refractivity contribution in [1.82, 2.24) is 16.0 Å². The lowest BCUT2D eigenvalue weighted by molar-refractivity contribution is -0.158. The Hall–Kier alpha value is -4.33. The van der Waals surface area contributed by atoms with Crippen molar-refractivity contribution < 1.29 is 23.9 Å². The molecule has 0 saturated heterocycles. The van der Waals surface area contributed by atoms with Crippen LogP contribution in [-0.4, -0.2) is 35.6 Å². The molecule has 0 aliphatic carbocycles. The molecule has 3 rings (SSSR count). The van der Waals surface area contributed by atoms with Gasteiger partial charge in [-0.25, -0.2) is 9.59 Å². The van der Waals surface area contributed by atoms with Crippen LogP contribution in [0.25, 0.3) is 0 Å². The molecule has 0 spiro atoms. The predicted molar refractivity (Wildman–Crippen MR) is 164 cm³/mol. The lowest BCUT2D eigenvalue weighted by Crippen LogP contribution is -2.55. The largest absolute Gasteiger partial charge is 0.489 e. The summed E-state index contributed by atoms with van der Waals surface area (Å²) >= 11 is 0. The number of esters is 1. The Kier molecular flexibility index (Phi) is 12.0. The Balaban J connectivity index is 1.67. The third-order valence-corrected chi connectivity index (χ3v) is 6.24. The summed E-state index contributed by atoms with van der Waals surface area (Å²) in [4.78, 5) is 39.3. The molecule has 0 saturated carbocycles. The van der Waals surface area contributed by atoms with E-state index in [1.54, 1.807) is 20.8 Å². The lowest BCUT2D eigenvalue weighted by atomic mass is 10.0. The predicted octanol–water partition coefficient (Wildman–Crippen LogP) is 5.55. The van der Waals surface area contributed by atoms with E-state index in [0.717, 1.165) is 16.7 Å². The Morgan fingerprint density at radius 1 is 0.738 bits per heavy atom. The highest BCUT2D eigenvalue weighted by molar-refractivity contribution is 5.90. The summed E-state index contributed by atoms with van der Waals surface area (Å²) in [6.45, 7) is 10.1. The summed E-state index contributed by atoms with van der Waals surface area (Å²) in [7, 11) is 0. The fraction of sp³-hybridized carbons (Fsp3) is 0.382. The molecule has 8 heteroatoms. The van der Waals surface area contributed by atoms with Crippen LogP contribution in [0.5, 0.6) is 5.75 Å². The maximum atomic E-state index is 13.5. The number of rotatable bonds is 13. The molecule has 8 nitrogen and oxygen atoms in total. The van der Waals surface area contributed by atoms with E-state index in [2.05, 4.69) is 16.0 Å². The van der Waals surface area contributed by atoms with Gasteiger partial charge in [-0.15, -0.1) is 0 Å². The summed E-state index contributed by atoms with van der Waals surface area (Å²) in [6.07, 6.45) is 0.618. The Labute approximate surface area is 249 Å². The smallest absolute Gasteiger partial charge is 0.329 e. The second-order valence-electron chi connectivity index (χ2n) is 11.7. The second-order valence-corrected chi connectivity index (χ2v) is 11.7. The number of carbonyl (C=O) groups is 3. The average Bonchev–Trinajstić information content (AvgIpc) is 2.95. The van der Waals surface area contributed by atoms with Crippen molar-refractivity contribution in [2.75, 3.05) is 0 Å². The molecule has 0 aliphatic rings. The van der Waals surface area contributed by atoms with Gasteiger partial charge in [-0.05, 0) is 61.9 Å². The van der Waals surface area contributed by atoms with Gasteiger partial charge in [0.2, 0.25) is 5.91 Å². The first-order chi connectivity index (χ1) is 20.0. The molecule has 0 fully saturated rings. The van der Waals surface area contributed by atoms with E-state index >= 15 is 0 Å². The van der Waals surface area contributed by atoms with Crippen molar-refractivity contribution in [3.05, 3.63) is 102 Å². The molecule has 0 heterocycles. The van der Waals surface area contributed by atoms with Gasteiger partial charge in [0.25, 0.3) is 0 Å². The molecule has 3 aromatic rings. The standard InChI is InChI=1S/C34H43N3O5/c1-24(2)20-29(37-33(40)35-22-26-12-8-6-9-13-26)31(38)36-30(32(39)42-34(3,4)5)21-25-16-18-28(19-17-25)41-23-27-14-10-7-11-15-27/h6-19,24,29-30H,20-23H2,1-5H3,(H,36,38)(H2,35,37,40). The fourth-order valence-electron chi connectivity index (χ4n) is 4.23. The average molecular weight is 574 g/mol. The molecule has 3 amide bonds. The Morgan fingerprint density at radius 3 is 1.90 bits per heavy atom. The van der Waals surface area contributed by atoms with E-state index in [0.29, 0.717) is 25.3 Å². The quantitative estimate of drug-likeness (QED) is 0.233. The summed E-state index contributed by atoms with van der Waals surface area (Å²) < 4.78 is 11.5. The van der Waals surface area contributed by atoms with E-state index < -0.39 is 35.6 Å². The molecular formula is C34H43N3O5. The SMILES string of the molecule is CC(C)CC(NC(=O)NCc1ccccc1)C(=O)NC(Cc1ccc(OCc2ccccc2)cc1)C(=O)OC(C)(C)C. The number of nitrogens with one attached hydrogen (secondary N) is 3. The van der Waals surface area contributed by atoms with Crippen molar-refractivity contribution in [2.24, 2.45) is 5.92 Å². The minimum atomic E-state index is -0.948. The first-order valence-corrected chi connectivity index (χ1v) is 14.4. The molecular weight excluding hydrogens is 530 g/mol. The van der Waals surface area contributed by atoms with Crippen molar-refractivity contribution in [3.8, 4) is 5.75 Å². The Bertz CT molecular complexity index is 1270. The van der Waals surface area contributed by atoms with Gasteiger partial charge in [-0.2, -0.15) is 0 Å². The van der Waals surface area contributed by atoms with Gasteiger partial charge in [0.05, 0.1) is 0 Å². The number of hydrogen-bond acceptors (Lipinski definition) is 5. The lowest BCUT2D eigenvalue weighted by Gasteiger charge is -2.27. The zero-order valence-corrected chi connectivity index (χ0v) is 25.2. The summed E-state index contributed by atoms with van der Waals surface area (Å²) in [6, 6.07) is 24.6. The van der Waals surface area contributed by atoms with Crippen LogP contribution in [0.3, 0.4) is 0 Å². The molecule has 42 heavy (non-hydrogen) atoms. The van der Waals surface area contributed by atoms with E-state index in [1.807, 2.05) is 98.8 Å². The third kappa shape index (κ3) is 11.6. The number of ether oxygens (including phenoxy) is 2. The molecule has 0 bridgehead atoms. The van der Waals surface area contributed by atoms with Crippen molar-refractivity contribution in [2.45, 2.75) is 78.3 Å². The van der Waals surface area contributed by atoms with Crippen LogP contribution in [0.4, 0.5) is 4.79 Å². The highest BCUT2D eigenvalue weighted by Gasteiger charge is 2.30. The van der Waals surface area contributed by atoms with Gasteiger partial charge in [0.1, 0.15) is 30.0 Å². The molecule has 0 aromatic heterocycles. The molecule has 2 atom stereocenters. The van der Waals surface area contributed by atoms with Gasteiger partial charge >= 0.3 is 12.0 Å². The van der Waals surface area contributed by atoms with E-state index in [-0.39, 0.29) is 12.3 Å². The molecule has 0 aliphatic heterocycles. The molecule has 3 aromatic carbocycles. The van der Waals surface area contributed by atoms with E-state index in [1.165, 1.54) is 0 Å². The van der Waals surface area contributed by atoms with Gasteiger partial charge in [-0.1, -0.05) is 86.6 Å². The first kappa shape index (κ1) is 32.2. The number of amides is 3. The maximum absolute atomic E-state index is 13.5. The summed E-state index contributed by atoms with van der Waals surface area (Å²) in [5, 5.41) is 8.42. The maximum Gasteiger partial charge on any atom is 0.329 e. The van der Waals surface area contributed by atoms with Gasteiger partial charge in [-0.3, -0.25) is 4.79 Å². The van der Waals surface area contributed by atoms with Crippen molar-refractivity contribution in [3.63, 3.8) is 0 Å². The Morgan fingerprint density at radius 2 is 1.33 bits per heavy atom. The summed E-state index contributed by atoms with van der Waals surface area (Å²) in [5.41, 5.74) is 2.10. The highest BCUT2D eigenvalue weighted by Crippen LogP contribution is 2.17. The zero-order valence-electron chi connectivity index (χ0n) is 25.2. The van der Waals surface area contributed by atoms with Crippen LogP contribution in [0.1, 0.15) is 57.7 Å². The number of urea groups is 1. The van der Waals surface area contributed by atoms with Crippen molar-refractivity contribution in [1.29, 1.82) is 0 Å². The summed E-state index contributed by atoms with van der Waals surface area (Å²) in [5.74, 6) is -0.170. The van der Waals surface area contributed by atoms with Gasteiger partial charge in [0, 0.05) is 13.0 Å². The minimum Gasteiger partial charge on any atom is -0.489 e. The van der Waals surface area contributed by atoms with E-state index in [9.17, 15) is 14.4 Å². The first-order valence-electron chi connectivity index (χ1n) is 14.4. The normalized spacial score (nSPS) is 12.6. The van der Waals surface area contributed by atoms with E-state index in [4.69, 9.17) is 9.47 Å². The zero-order chi connectivity index (χ0) is 30.5. The van der Waals surface area contributed by atoms with Crippen LogP contribution >= 0.6 is 0 Å². The fourth-order valence-corrected chi connectivity index (χ4v) is 4.23. The molecule has 0 radical (unpaired) electrons. The monoisotopic (exact) mass is 573 g/mol. The second kappa shape index (κ2) is 15.6. The van der Waals surface area contributed by atoms with Crippen LogP contribution in [0, 0.1) is 5.92 Å². The highest BCUT2D eigenvalue weighted by atomic mass is 16.6. The number of hydrogen-bond donors (Lipinski definition) is 3. The van der Waals surface area contributed by atoms with Gasteiger partial charge < -0.3 is 25.4 Å².